The number of aryl methyl sites for hydroxylation is 2. The predicted molar refractivity (Wildman–Crippen MR) is 121 cm³/mol. The maximum absolute atomic E-state index is 14.0. The van der Waals surface area contributed by atoms with Gasteiger partial charge in [-0.3, -0.25) is 4.79 Å². The van der Waals surface area contributed by atoms with Crippen molar-refractivity contribution in [1.82, 2.24) is 19.5 Å². The summed E-state index contributed by atoms with van der Waals surface area (Å²) in [6.45, 7) is 4.65. The van der Waals surface area contributed by atoms with Crippen molar-refractivity contribution in [1.29, 1.82) is 0 Å². The van der Waals surface area contributed by atoms with Crippen LogP contribution >= 0.6 is 11.6 Å². The normalized spacial score (nSPS) is 19.6. The molecular formula is C24H26ClFN4O3. The topological polar surface area (TPSA) is 80.0 Å². The molecule has 0 spiro atoms. The molecule has 3 heterocycles. The van der Waals surface area contributed by atoms with E-state index in [2.05, 4.69) is 10.1 Å². The summed E-state index contributed by atoms with van der Waals surface area (Å²) in [4.78, 5) is 19.7. The fraction of sp³-hybridized carbons (Fsp3) is 0.458. The first-order chi connectivity index (χ1) is 15.9. The lowest BCUT2D eigenvalue weighted by molar-refractivity contribution is 0.0537. The number of aliphatic hydroxyl groups excluding tert-OH is 1. The van der Waals surface area contributed by atoms with E-state index >= 15 is 0 Å². The number of carbonyl (C=O) groups excluding carboxylic acids is 1. The van der Waals surface area contributed by atoms with E-state index in [9.17, 15) is 9.18 Å². The highest BCUT2D eigenvalue weighted by atomic mass is 35.5. The Balaban J connectivity index is 1.34. The van der Waals surface area contributed by atoms with Crippen molar-refractivity contribution < 1.29 is 19.0 Å². The second-order valence-electron chi connectivity index (χ2n) is 9.00. The molecule has 1 aromatic carbocycles. The summed E-state index contributed by atoms with van der Waals surface area (Å²) in [7, 11) is 0. The summed E-state index contributed by atoms with van der Waals surface area (Å²) in [6.07, 6.45) is 3.40. The van der Waals surface area contributed by atoms with Gasteiger partial charge in [-0.05, 0) is 57.6 Å². The second-order valence-corrected chi connectivity index (χ2v) is 9.38. The number of aromatic nitrogens is 3. The number of ether oxygens (including phenoxy) is 1. The third-order valence-corrected chi connectivity index (χ3v) is 7.22. The number of aliphatic hydroxyl groups is 1. The number of halogens is 2. The molecule has 2 aromatic heterocycles. The molecule has 0 radical (unpaired) electrons. The van der Waals surface area contributed by atoms with Crippen molar-refractivity contribution in [2.75, 3.05) is 6.61 Å². The zero-order valence-corrected chi connectivity index (χ0v) is 19.4. The van der Waals surface area contributed by atoms with Gasteiger partial charge >= 0.3 is 0 Å². The minimum atomic E-state index is -0.438. The highest BCUT2D eigenvalue weighted by molar-refractivity contribution is 6.31. The molecule has 1 aliphatic carbocycles. The number of hydrogen-bond donors (Lipinski definition) is 1. The van der Waals surface area contributed by atoms with Gasteiger partial charge in [0.2, 0.25) is 0 Å². The lowest BCUT2D eigenvalue weighted by Gasteiger charge is -2.36. The first kappa shape index (κ1) is 22.1. The first-order valence-electron chi connectivity index (χ1n) is 11.2. The van der Waals surface area contributed by atoms with Crippen LogP contribution in [0.15, 0.2) is 18.2 Å². The molecule has 0 unspecified atom stereocenters. The van der Waals surface area contributed by atoms with Gasteiger partial charge in [0.25, 0.3) is 5.91 Å². The van der Waals surface area contributed by atoms with E-state index in [0.29, 0.717) is 35.2 Å². The van der Waals surface area contributed by atoms with Crippen LogP contribution in [0.3, 0.4) is 0 Å². The number of hydrogen-bond acceptors (Lipinski definition) is 5. The fourth-order valence-corrected chi connectivity index (χ4v) is 4.89. The molecule has 1 saturated carbocycles. The molecule has 33 heavy (non-hydrogen) atoms. The van der Waals surface area contributed by atoms with Crippen molar-refractivity contribution >= 4 is 23.2 Å². The third kappa shape index (κ3) is 3.95. The zero-order valence-electron chi connectivity index (χ0n) is 18.6. The Morgan fingerprint density at radius 1 is 1.30 bits per heavy atom. The van der Waals surface area contributed by atoms with Gasteiger partial charge in [-0.1, -0.05) is 11.6 Å². The van der Waals surface area contributed by atoms with Gasteiger partial charge in [0.05, 0.1) is 46.9 Å². The number of benzene rings is 1. The summed E-state index contributed by atoms with van der Waals surface area (Å²) in [5.74, 6) is 0.125. The molecule has 7 nitrogen and oxygen atoms in total. The lowest BCUT2D eigenvalue weighted by atomic mass is 9.79. The maximum Gasteiger partial charge on any atom is 0.258 e. The van der Waals surface area contributed by atoms with Gasteiger partial charge in [0.15, 0.2) is 5.65 Å². The van der Waals surface area contributed by atoms with Gasteiger partial charge in [-0.15, -0.1) is 0 Å². The molecule has 9 heteroatoms. The van der Waals surface area contributed by atoms with Crippen molar-refractivity contribution in [3.63, 3.8) is 0 Å². The summed E-state index contributed by atoms with van der Waals surface area (Å²) < 4.78 is 21.8. The Morgan fingerprint density at radius 2 is 2.09 bits per heavy atom. The molecule has 174 valence electrons. The average molecular weight is 473 g/mol. The summed E-state index contributed by atoms with van der Waals surface area (Å²) >= 11 is 6.32. The SMILES string of the molecule is Cc1nc2c3c(nn2c(C)c1Cl)CN(C(=O)c1ccc(F)cc1O[C@H]1C[C@@H](CCCO)C1)C3. The number of amides is 1. The van der Waals surface area contributed by atoms with Gasteiger partial charge in [0, 0.05) is 18.2 Å². The van der Waals surface area contributed by atoms with E-state index in [-0.39, 0.29) is 24.4 Å². The van der Waals surface area contributed by atoms with Crippen LogP contribution in [0.1, 0.15) is 58.7 Å². The molecule has 1 fully saturated rings. The van der Waals surface area contributed by atoms with Crippen LogP contribution < -0.4 is 4.74 Å². The van der Waals surface area contributed by atoms with Gasteiger partial charge in [-0.2, -0.15) is 5.10 Å². The first-order valence-corrected chi connectivity index (χ1v) is 11.6. The van der Waals surface area contributed by atoms with E-state index in [4.69, 9.17) is 21.4 Å². The number of carbonyl (C=O) groups is 1. The van der Waals surface area contributed by atoms with E-state index in [1.807, 2.05) is 13.8 Å². The summed E-state index contributed by atoms with van der Waals surface area (Å²) in [5, 5.41) is 14.2. The Bertz CT molecular complexity index is 1240. The van der Waals surface area contributed by atoms with Crippen LogP contribution in [0.25, 0.3) is 5.65 Å². The van der Waals surface area contributed by atoms with Crippen LogP contribution in [-0.4, -0.2) is 43.2 Å². The Morgan fingerprint density at radius 3 is 2.85 bits per heavy atom. The van der Waals surface area contributed by atoms with Crippen molar-refractivity contribution in [3.8, 4) is 5.75 Å². The molecule has 0 saturated heterocycles. The fourth-order valence-electron chi connectivity index (χ4n) is 4.76. The van der Waals surface area contributed by atoms with Crippen molar-refractivity contribution in [2.45, 2.75) is 58.7 Å². The molecule has 2 aliphatic rings. The summed E-state index contributed by atoms with van der Waals surface area (Å²) in [6, 6.07) is 4.07. The smallest absolute Gasteiger partial charge is 0.258 e. The van der Waals surface area contributed by atoms with Crippen molar-refractivity contribution in [2.24, 2.45) is 5.92 Å². The Hall–Kier alpha value is -2.71. The van der Waals surface area contributed by atoms with E-state index in [0.717, 1.165) is 48.3 Å². The molecule has 3 aromatic rings. The van der Waals surface area contributed by atoms with E-state index in [1.165, 1.54) is 18.2 Å². The third-order valence-electron chi connectivity index (χ3n) is 6.67. The average Bonchev–Trinajstić information content (AvgIpc) is 3.32. The van der Waals surface area contributed by atoms with Crippen molar-refractivity contribution in [3.05, 3.63) is 57.2 Å². The Labute approximate surface area is 196 Å². The van der Waals surface area contributed by atoms with Crippen LogP contribution in [0.4, 0.5) is 4.39 Å². The molecule has 1 N–H and O–H groups in total. The highest BCUT2D eigenvalue weighted by Crippen LogP contribution is 2.37. The molecule has 1 aliphatic heterocycles. The van der Waals surface area contributed by atoms with E-state index in [1.54, 1.807) is 9.42 Å². The highest BCUT2D eigenvalue weighted by Gasteiger charge is 2.34. The quantitative estimate of drug-likeness (QED) is 0.581. The van der Waals surface area contributed by atoms with Crippen LogP contribution in [0.5, 0.6) is 5.75 Å². The molecular weight excluding hydrogens is 447 g/mol. The number of nitrogens with zero attached hydrogens (tertiary/aromatic N) is 4. The van der Waals surface area contributed by atoms with E-state index < -0.39 is 5.82 Å². The monoisotopic (exact) mass is 472 g/mol. The molecule has 0 bridgehead atoms. The number of rotatable bonds is 6. The van der Waals surface area contributed by atoms with Gasteiger partial charge in [0.1, 0.15) is 11.6 Å². The largest absolute Gasteiger partial charge is 0.489 e. The standard InChI is InChI=1S/C24H26ClFN4O3/c1-13-22(25)14(2)30-23(27-13)19-11-29(12-20(19)28-30)24(32)18-6-5-16(26)10-21(18)33-17-8-15(9-17)4-3-7-31/h5-6,10,15,17,31H,3-4,7-9,11-12H2,1-2H3/t15-,17+. The van der Waals surface area contributed by atoms with Crippen LogP contribution in [0, 0.1) is 25.6 Å². The minimum absolute atomic E-state index is 0.0399. The molecule has 0 atom stereocenters. The van der Waals surface area contributed by atoms with Gasteiger partial charge < -0.3 is 14.7 Å². The molecule has 1 amide bonds. The molecule has 5 rings (SSSR count). The second kappa shape index (κ2) is 8.57. The minimum Gasteiger partial charge on any atom is -0.489 e. The van der Waals surface area contributed by atoms with Crippen LogP contribution in [0.2, 0.25) is 5.02 Å². The maximum atomic E-state index is 14.0. The summed E-state index contributed by atoms with van der Waals surface area (Å²) in [5.41, 5.74) is 4.29. The number of fused-ring (bicyclic) bond motifs is 3. The zero-order chi connectivity index (χ0) is 23.3. The Kier molecular flexibility index (Phi) is 5.74. The predicted octanol–water partition coefficient (Wildman–Crippen LogP) is 4.22. The lowest BCUT2D eigenvalue weighted by Crippen LogP contribution is -2.35. The van der Waals surface area contributed by atoms with Gasteiger partial charge in [-0.25, -0.2) is 13.9 Å². The van der Waals surface area contributed by atoms with Crippen LogP contribution in [-0.2, 0) is 13.1 Å².